The number of rotatable bonds is 7. The van der Waals surface area contributed by atoms with E-state index >= 15 is 0 Å². The molecule has 0 aliphatic carbocycles. The molecule has 6 heteroatoms. The summed E-state index contributed by atoms with van der Waals surface area (Å²) in [5.74, 6) is 0. The Morgan fingerprint density at radius 3 is 2.69 bits per heavy atom. The molecule has 1 atom stereocenters. The van der Waals surface area contributed by atoms with Crippen molar-refractivity contribution >= 4 is 39.3 Å². The topological polar surface area (TPSA) is 83.5 Å². The number of nitrogens with zero attached hydrogens (tertiary/aromatic N) is 1. The number of fused-ring (bicyclic) bond motifs is 2. The molecular weight excluding hydrogens is 402 g/mol. The van der Waals surface area contributed by atoms with Crippen molar-refractivity contribution in [3.63, 3.8) is 0 Å². The predicted molar refractivity (Wildman–Crippen MR) is 129 cm³/mol. The highest BCUT2D eigenvalue weighted by molar-refractivity contribution is 6.07. The Labute approximate surface area is 187 Å². The third kappa shape index (κ3) is 4.81. The van der Waals surface area contributed by atoms with Gasteiger partial charge in [0.1, 0.15) is 0 Å². The summed E-state index contributed by atoms with van der Waals surface area (Å²) in [5.41, 5.74) is 4.84. The molecule has 0 fully saturated rings. The molecule has 1 amide bonds. The lowest BCUT2D eigenvalue weighted by molar-refractivity contribution is 0.160. The summed E-state index contributed by atoms with van der Waals surface area (Å²) >= 11 is 0. The first-order chi connectivity index (χ1) is 15.5. The van der Waals surface area contributed by atoms with E-state index in [1.54, 1.807) is 24.3 Å². The van der Waals surface area contributed by atoms with Crippen LogP contribution >= 0.6 is 0 Å². The van der Waals surface area contributed by atoms with Crippen molar-refractivity contribution in [2.75, 3.05) is 17.2 Å². The van der Waals surface area contributed by atoms with Gasteiger partial charge in [0.05, 0.1) is 23.3 Å². The highest BCUT2D eigenvalue weighted by Gasteiger charge is 2.15. The zero-order chi connectivity index (χ0) is 22.5. The quantitative estimate of drug-likeness (QED) is 0.186. The van der Waals surface area contributed by atoms with E-state index in [9.17, 15) is 9.90 Å². The van der Waals surface area contributed by atoms with Crippen LogP contribution in [-0.4, -0.2) is 22.8 Å². The molecule has 0 saturated carbocycles. The second-order valence-electron chi connectivity index (χ2n) is 7.81. The molecule has 0 aliphatic rings. The van der Waals surface area contributed by atoms with E-state index in [-0.39, 0.29) is 0 Å². The number of carbonyl (C=O) groups excluding carboxylic acids is 1. The summed E-state index contributed by atoms with van der Waals surface area (Å²) in [7, 11) is 0. The van der Waals surface area contributed by atoms with Gasteiger partial charge in [0.25, 0.3) is 0 Å². The largest absolute Gasteiger partial charge is 0.449 e. The minimum absolute atomic E-state index is 0.383. The van der Waals surface area contributed by atoms with Gasteiger partial charge in [-0.25, -0.2) is 9.78 Å². The number of hydrogen-bond acceptors (Lipinski definition) is 5. The number of pyridine rings is 1. The van der Waals surface area contributed by atoms with Crippen molar-refractivity contribution in [2.45, 2.75) is 32.9 Å². The van der Waals surface area contributed by atoms with Gasteiger partial charge >= 0.3 is 6.09 Å². The number of carbonyl (C=O) groups is 1. The van der Waals surface area contributed by atoms with Gasteiger partial charge in [0.15, 0.2) is 6.23 Å². The van der Waals surface area contributed by atoms with Crippen molar-refractivity contribution in [1.29, 1.82) is 0 Å². The van der Waals surface area contributed by atoms with E-state index in [0.29, 0.717) is 17.9 Å². The number of nitrogens with one attached hydrogen (secondary N) is 2. The molecule has 0 radical (unpaired) electrons. The molecule has 32 heavy (non-hydrogen) atoms. The highest BCUT2D eigenvalue weighted by atomic mass is 16.5. The second-order valence-corrected chi connectivity index (χ2v) is 7.81. The Morgan fingerprint density at radius 1 is 1.03 bits per heavy atom. The van der Waals surface area contributed by atoms with Gasteiger partial charge in [-0.05, 0) is 43.2 Å². The molecule has 0 bridgehead atoms. The first kappa shape index (κ1) is 21.6. The molecule has 0 saturated heterocycles. The number of unbranched alkanes of at least 4 members (excludes halogenated alkanes) is 1. The summed E-state index contributed by atoms with van der Waals surface area (Å²) in [6.07, 6.45) is 0.296. The van der Waals surface area contributed by atoms with Crippen molar-refractivity contribution in [1.82, 2.24) is 4.98 Å². The standard InChI is InChI=1S/C26H27N3O3/c1-3-4-14-32-26(31)27-19-9-7-8-18(16-19)25(30)29-24-20-10-5-6-11-22(20)28-23-15-17(2)12-13-21(23)24/h5-13,15-16,25,30H,3-4,14H2,1-2H3,(H,27,31)(H,28,29). The molecule has 4 aromatic rings. The lowest BCUT2D eigenvalue weighted by atomic mass is 10.1. The maximum atomic E-state index is 12.0. The fourth-order valence-electron chi connectivity index (χ4n) is 3.63. The lowest BCUT2D eigenvalue weighted by Gasteiger charge is -2.19. The number of ether oxygens (including phenoxy) is 1. The van der Waals surface area contributed by atoms with Crippen LogP contribution in [0, 0.1) is 6.92 Å². The van der Waals surface area contributed by atoms with E-state index < -0.39 is 12.3 Å². The molecular formula is C26H27N3O3. The normalized spacial score (nSPS) is 12.0. The van der Waals surface area contributed by atoms with Crippen LogP contribution in [0.2, 0.25) is 0 Å². The number of hydrogen-bond donors (Lipinski definition) is 3. The molecule has 0 aliphatic heterocycles. The fourth-order valence-corrected chi connectivity index (χ4v) is 3.63. The maximum Gasteiger partial charge on any atom is 0.411 e. The number of aromatic nitrogens is 1. The Kier molecular flexibility index (Phi) is 6.52. The summed E-state index contributed by atoms with van der Waals surface area (Å²) in [6.45, 7) is 4.45. The number of anilines is 2. The zero-order valence-electron chi connectivity index (χ0n) is 18.3. The molecule has 3 aromatic carbocycles. The minimum Gasteiger partial charge on any atom is -0.449 e. The summed E-state index contributed by atoms with van der Waals surface area (Å²) in [5, 5.41) is 18.8. The third-order valence-electron chi connectivity index (χ3n) is 5.30. The molecule has 1 aromatic heterocycles. The smallest absolute Gasteiger partial charge is 0.411 e. The van der Waals surface area contributed by atoms with Crippen molar-refractivity contribution in [3.05, 3.63) is 77.9 Å². The van der Waals surface area contributed by atoms with Crippen LogP contribution in [0.25, 0.3) is 21.8 Å². The van der Waals surface area contributed by atoms with Gasteiger partial charge in [0, 0.05) is 22.0 Å². The minimum atomic E-state index is -0.983. The molecule has 6 nitrogen and oxygen atoms in total. The Balaban J connectivity index is 1.61. The molecule has 4 rings (SSSR count). The van der Waals surface area contributed by atoms with Crippen molar-refractivity contribution < 1.29 is 14.6 Å². The number of benzene rings is 3. The predicted octanol–water partition coefficient (Wildman–Crippen LogP) is 6.15. The van der Waals surface area contributed by atoms with E-state index in [0.717, 1.165) is 45.9 Å². The molecule has 3 N–H and O–H groups in total. The molecule has 1 heterocycles. The number of aryl methyl sites for hydroxylation is 1. The molecule has 0 spiro atoms. The molecule has 1 unspecified atom stereocenters. The molecule has 164 valence electrons. The summed E-state index contributed by atoms with van der Waals surface area (Å²) < 4.78 is 5.15. The van der Waals surface area contributed by atoms with E-state index in [2.05, 4.69) is 10.6 Å². The van der Waals surface area contributed by atoms with Gasteiger partial charge in [0.2, 0.25) is 0 Å². The SMILES string of the molecule is CCCCOC(=O)Nc1cccc(C(O)Nc2c3ccccc3nc3cc(C)ccc23)c1. The Hall–Kier alpha value is -3.64. The van der Waals surface area contributed by atoms with Gasteiger partial charge in [-0.3, -0.25) is 5.32 Å². The summed E-state index contributed by atoms with van der Waals surface area (Å²) in [6, 6.07) is 21.0. The van der Waals surface area contributed by atoms with Crippen LogP contribution in [0.4, 0.5) is 16.2 Å². The Bertz CT molecular complexity index is 1260. The van der Waals surface area contributed by atoms with E-state index in [4.69, 9.17) is 9.72 Å². The van der Waals surface area contributed by atoms with Gasteiger partial charge < -0.3 is 15.2 Å². The van der Waals surface area contributed by atoms with Crippen LogP contribution in [0.1, 0.15) is 37.1 Å². The number of para-hydroxylation sites is 1. The van der Waals surface area contributed by atoms with Crippen LogP contribution in [0.3, 0.4) is 0 Å². The van der Waals surface area contributed by atoms with Crippen molar-refractivity contribution in [3.8, 4) is 0 Å². The van der Waals surface area contributed by atoms with Crippen LogP contribution in [0.5, 0.6) is 0 Å². The average Bonchev–Trinajstić information content (AvgIpc) is 2.79. The first-order valence-corrected chi connectivity index (χ1v) is 10.8. The van der Waals surface area contributed by atoms with Gasteiger partial charge in [-0.15, -0.1) is 0 Å². The van der Waals surface area contributed by atoms with Crippen LogP contribution in [0.15, 0.2) is 66.7 Å². The lowest BCUT2D eigenvalue weighted by Crippen LogP contribution is -2.15. The highest BCUT2D eigenvalue weighted by Crippen LogP contribution is 2.33. The number of amides is 1. The van der Waals surface area contributed by atoms with E-state index in [1.807, 2.05) is 56.3 Å². The van der Waals surface area contributed by atoms with Crippen LogP contribution in [-0.2, 0) is 4.74 Å². The maximum absolute atomic E-state index is 12.0. The van der Waals surface area contributed by atoms with Crippen LogP contribution < -0.4 is 10.6 Å². The van der Waals surface area contributed by atoms with E-state index in [1.165, 1.54) is 0 Å². The zero-order valence-corrected chi connectivity index (χ0v) is 18.3. The van der Waals surface area contributed by atoms with Gasteiger partial charge in [-0.1, -0.05) is 55.8 Å². The number of aliphatic hydroxyl groups is 1. The third-order valence-corrected chi connectivity index (χ3v) is 5.30. The second kappa shape index (κ2) is 9.66. The van der Waals surface area contributed by atoms with Gasteiger partial charge in [-0.2, -0.15) is 0 Å². The average molecular weight is 430 g/mol. The first-order valence-electron chi connectivity index (χ1n) is 10.8. The Morgan fingerprint density at radius 2 is 1.84 bits per heavy atom. The van der Waals surface area contributed by atoms with Crippen molar-refractivity contribution in [2.24, 2.45) is 0 Å². The fraction of sp³-hybridized carbons (Fsp3) is 0.231. The number of aliphatic hydroxyl groups excluding tert-OH is 1. The monoisotopic (exact) mass is 429 g/mol. The summed E-state index contributed by atoms with van der Waals surface area (Å²) in [4.78, 5) is 16.7.